The van der Waals surface area contributed by atoms with Gasteiger partial charge in [0.15, 0.2) is 5.78 Å². The van der Waals surface area contributed by atoms with Crippen LogP contribution in [0.15, 0.2) is 53.0 Å². The fourth-order valence-corrected chi connectivity index (χ4v) is 3.12. The Morgan fingerprint density at radius 1 is 1.20 bits per heavy atom. The van der Waals surface area contributed by atoms with E-state index in [4.69, 9.17) is 0 Å². The van der Waals surface area contributed by atoms with Gasteiger partial charge in [-0.25, -0.2) is 0 Å². The first-order chi connectivity index (χ1) is 9.56. The first-order valence-electron chi connectivity index (χ1n) is 6.53. The quantitative estimate of drug-likeness (QED) is 0.685. The van der Waals surface area contributed by atoms with Gasteiger partial charge in [-0.05, 0) is 31.5 Å². The molecular weight excluding hydrogens is 332 g/mol. The molecule has 1 nitrogen and oxygen atoms in total. The molecule has 3 heteroatoms. The first-order valence-corrected chi connectivity index (χ1v) is 8.37. The van der Waals surface area contributed by atoms with Gasteiger partial charge in [-0.15, -0.1) is 11.8 Å². The number of hydrogen-bond donors (Lipinski definition) is 0. The molecule has 0 saturated carbocycles. The molecule has 2 rings (SSSR count). The number of benzene rings is 2. The van der Waals surface area contributed by atoms with Gasteiger partial charge in [-0.1, -0.05) is 57.9 Å². The fourth-order valence-electron chi connectivity index (χ4n) is 1.95. The van der Waals surface area contributed by atoms with Gasteiger partial charge in [-0.2, -0.15) is 0 Å². The van der Waals surface area contributed by atoms with E-state index in [2.05, 4.69) is 47.1 Å². The van der Waals surface area contributed by atoms with E-state index in [0.717, 1.165) is 15.8 Å². The summed E-state index contributed by atoms with van der Waals surface area (Å²) in [7, 11) is 0. The first kappa shape index (κ1) is 15.3. The van der Waals surface area contributed by atoms with Crippen molar-refractivity contribution in [1.29, 1.82) is 0 Å². The van der Waals surface area contributed by atoms with E-state index in [1.807, 2.05) is 31.2 Å². The Labute approximate surface area is 132 Å². The molecule has 0 heterocycles. The topological polar surface area (TPSA) is 17.1 Å². The van der Waals surface area contributed by atoms with Gasteiger partial charge in [-0.3, -0.25) is 4.79 Å². The zero-order valence-electron chi connectivity index (χ0n) is 11.6. The number of carbonyl (C=O) groups is 1. The van der Waals surface area contributed by atoms with Crippen molar-refractivity contribution in [1.82, 2.24) is 0 Å². The number of rotatable bonds is 5. The molecule has 20 heavy (non-hydrogen) atoms. The van der Waals surface area contributed by atoms with Crippen molar-refractivity contribution in [2.45, 2.75) is 24.9 Å². The summed E-state index contributed by atoms with van der Waals surface area (Å²) in [5, 5.41) is -0.0308. The molecule has 0 fully saturated rings. The van der Waals surface area contributed by atoms with E-state index in [9.17, 15) is 4.79 Å². The summed E-state index contributed by atoms with van der Waals surface area (Å²) in [5.41, 5.74) is 3.30. The molecule has 0 bridgehead atoms. The molecular formula is C17H17BrOS. The Balaban J connectivity index is 1.96. The van der Waals surface area contributed by atoms with Crippen molar-refractivity contribution >= 4 is 33.5 Å². The molecule has 0 saturated heterocycles. The smallest absolute Gasteiger partial charge is 0.175 e. The third-order valence-corrected chi connectivity index (χ3v) is 4.82. The van der Waals surface area contributed by atoms with Gasteiger partial charge in [0.25, 0.3) is 0 Å². The highest BCUT2D eigenvalue weighted by molar-refractivity contribution is 9.10. The Bertz CT molecular complexity index is 592. The van der Waals surface area contributed by atoms with Crippen LogP contribution >= 0.6 is 27.7 Å². The van der Waals surface area contributed by atoms with Crippen LogP contribution in [0.2, 0.25) is 0 Å². The molecule has 0 aliphatic rings. The van der Waals surface area contributed by atoms with E-state index < -0.39 is 0 Å². The van der Waals surface area contributed by atoms with Gasteiger partial charge in [0.05, 0.1) is 5.25 Å². The highest BCUT2D eigenvalue weighted by Gasteiger charge is 2.15. The lowest BCUT2D eigenvalue weighted by Gasteiger charge is -2.11. The molecule has 104 valence electrons. The lowest BCUT2D eigenvalue weighted by Crippen LogP contribution is -2.13. The largest absolute Gasteiger partial charge is 0.293 e. The van der Waals surface area contributed by atoms with Crippen LogP contribution < -0.4 is 0 Å². The molecule has 1 atom stereocenters. The summed E-state index contributed by atoms with van der Waals surface area (Å²) in [6, 6.07) is 16.0. The monoisotopic (exact) mass is 348 g/mol. The van der Waals surface area contributed by atoms with E-state index >= 15 is 0 Å². The van der Waals surface area contributed by atoms with Crippen molar-refractivity contribution in [2.75, 3.05) is 0 Å². The maximum atomic E-state index is 12.3. The molecule has 0 amide bonds. The molecule has 0 aromatic heterocycles. The van der Waals surface area contributed by atoms with Crippen LogP contribution in [0.25, 0.3) is 0 Å². The Morgan fingerprint density at radius 2 is 1.90 bits per heavy atom. The van der Waals surface area contributed by atoms with Crippen molar-refractivity contribution < 1.29 is 4.79 Å². The highest BCUT2D eigenvalue weighted by atomic mass is 79.9. The van der Waals surface area contributed by atoms with Crippen molar-refractivity contribution in [3.63, 3.8) is 0 Å². The number of ketones is 1. The third kappa shape index (κ3) is 4.22. The molecule has 0 aliphatic heterocycles. The molecule has 0 radical (unpaired) electrons. The SMILES string of the molecule is Cc1cccc(CSC(C)C(=O)c2ccc(Br)cc2)c1. The van der Waals surface area contributed by atoms with Crippen LogP contribution in [-0.2, 0) is 5.75 Å². The number of hydrogen-bond acceptors (Lipinski definition) is 2. The van der Waals surface area contributed by atoms with Crippen LogP contribution in [-0.4, -0.2) is 11.0 Å². The third-order valence-electron chi connectivity index (χ3n) is 3.08. The van der Waals surface area contributed by atoms with Crippen LogP contribution in [0.5, 0.6) is 0 Å². The Morgan fingerprint density at radius 3 is 2.55 bits per heavy atom. The predicted octanol–water partition coefficient (Wildman–Crippen LogP) is 5.26. The molecule has 2 aromatic carbocycles. The van der Waals surface area contributed by atoms with Crippen molar-refractivity contribution in [2.24, 2.45) is 0 Å². The fraction of sp³-hybridized carbons (Fsp3) is 0.235. The minimum atomic E-state index is -0.0308. The van der Waals surface area contributed by atoms with E-state index in [-0.39, 0.29) is 11.0 Å². The zero-order chi connectivity index (χ0) is 14.5. The number of aryl methyl sites for hydroxylation is 1. The maximum absolute atomic E-state index is 12.3. The Kier molecular flexibility index (Phi) is 5.44. The number of Topliss-reactive ketones (excluding diaryl/α,β-unsaturated/α-hetero) is 1. The zero-order valence-corrected chi connectivity index (χ0v) is 14.0. The van der Waals surface area contributed by atoms with Gasteiger partial charge in [0.1, 0.15) is 0 Å². The maximum Gasteiger partial charge on any atom is 0.175 e. The Hall–Kier alpha value is -1.06. The average molecular weight is 349 g/mol. The van der Waals surface area contributed by atoms with Crippen molar-refractivity contribution in [3.05, 3.63) is 69.7 Å². The average Bonchev–Trinajstić information content (AvgIpc) is 2.45. The normalized spacial score (nSPS) is 12.2. The summed E-state index contributed by atoms with van der Waals surface area (Å²) >= 11 is 5.07. The minimum absolute atomic E-state index is 0.0308. The highest BCUT2D eigenvalue weighted by Crippen LogP contribution is 2.22. The standard InChI is InChI=1S/C17H17BrOS/c1-12-4-3-5-14(10-12)11-20-13(2)17(19)15-6-8-16(18)9-7-15/h3-10,13H,11H2,1-2H3. The predicted molar refractivity (Wildman–Crippen MR) is 90.4 cm³/mol. The van der Waals surface area contributed by atoms with Crippen LogP contribution in [0.1, 0.15) is 28.4 Å². The number of halogens is 1. The van der Waals surface area contributed by atoms with Gasteiger partial charge in [0, 0.05) is 15.8 Å². The summed E-state index contributed by atoms with van der Waals surface area (Å²) in [4.78, 5) is 12.3. The van der Waals surface area contributed by atoms with Gasteiger partial charge >= 0.3 is 0 Å². The number of carbonyl (C=O) groups excluding carboxylic acids is 1. The molecule has 0 aliphatic carbocycles. The second-order valence-corrected chi connectivity index (χ2v) is 7.06. The van der Waals surface area contributed by atoms with Crippen molar-refractivity contribution in [3.8, 4) is 0 Å². The van der Waals surface area contributed by atoms with E-state index in [1.165, 1.54) is 11.1 Å². The second kappa shape index (κ2) is 7.09. The summed E-state index contributed by atoms with van der Waals surface area (Å²) in [5.74, 6) is 1.06. The van der Waals surface area contributed by atoms with E-state index in [0.29, 0.717) is 0 Å². The lowest BCUT2D eigenvalue weighted by atomic mass is 10.1. The summed E-state index contributed by atoms with van der Waals surface area (Å²) < 4.78 is 0.995. The molecule has 1 unspecified atom stereocenters. The molecule has 0 N–H and O–H groups in total. The second-order valence-electron chi connectivity index (χ2n) is 4.81. The van der Waals surface area contributed by atoms with Gasteiger partial charge < -0.3 is 0 Å². The van der Waals surface area contributed by atoms with E-state index in [1.54, 1.807) is 11.8 Å². The minimum Gasteiger partial charge on any atom is -0.293 e. The molecule has 2 aromatic rings. The van der Waals surface area contributed by atoms with Crippen LogP contribution in [0.4, 0.5) is 0 Å². The van der Waals surface area contributed by atoms with Gasteiger partial charge in [0.2, 0.25) is 0 Å². The lowest BCUT2D eigenvalue weighted by molar-refractivity contribution is 0.0994. The van der Waals surface area contributed by atoms with Crippen LogP contribution in [0, 0.1) is 6.92 Å². The number of thioether (sulfide) groups is 1. The molecule has 0 spiro atoms. The summed E-state index contributed by atoms with van der Waals surface area (Å²) in [6.07, 6.45) is 0. The summed E-state index contributed by atoms with van der Waals surface area (Å²) in [6.45, 7) is 4.06. The van der Waals surface area contributed by atoms with Crippen LogP contribution in [0.3, 0.4) is 0 Å².